The lowest BCUT2D eigenvalue weighted by molar-refractivity contribution is 0.843. The number of hydrogen-bond acceptors (Lipinski definition) is 4. The van der Waals surface area contributed by atoms with Crippen LogP contribution in [0.3, 0.4) is 0 Å². The Labute approximate surface area is 159 Å². The molecule has 0 saturated heterocycles. The van der Waals surface area contributed by atoms with Crippen molar-refractivity contribution in [2.45, 2.75) is 26.3 Å². The molecule has 0 aliphatic rings. The molecule has 1 N–H and O–H groups in total. The first kappa shape index (κ1) is 17.2. The summed E-state index contributed by atoms with van der Waals surface area (Å²) >= 11 is 0. The van der Waals surface area contributed by atoms with E-state index in [1.165, 1.54) is 0 Å². The maximum atomic E-state index is 4.84. The summed E-state index contributed by atoms with van der Waals surface area (Å²) in [5, 5.41) is 4.55. The number of pyridine rings is 1. The molecule has 134 valence electrons. The summed E-state index contributed by atoms with van der Waals surface area (Å²) in [4.78, 5) is 14.0. The molecule has 0 aliphatic carbocycles. The molecule has 2 aromatic carbocycles. The Kier molecular flexibility index (Phi) is 5.06. The lowest BCUT2D eigenvalue weighted by Crippen LogP contribution is -2.07. The number of benzene rings is 2. The van der Waals surface area contributed by atoms with Gasteiger partial charge in [-0.15, -0.1) is 0 Å². The second-order valence-electron chi connectivity index (χ2n) is 6.48. The van der Waals surface area contributed by atoms with Crippen molar-refractivity contribution in [1.82, 2.24) is 15.0 Å². The molecule has 0 aliphatic heterocycles. The fraction of sp³-hybridized carbons (Fsp3) is 0.174. The van der Waals surface area contributed by atoms with Crippen LogP contribution < -0.4 is 5.32 Å². The number of fused-ring (bicyclic) bond motifs is 1. The first-order valence-corrected chi connectivity index (χ1v) is 9.34. The minimum Gasteiger partial charge on any atom is -0.364 e. The van der Waals surface area contributed by atoms with Crippen LogP contribution in [0.15, 0.2) is 72.9 Å². The number of rotatable bonds is 6. The smallest absolute Gasteiger partial charge is 0.138 e. The van der Waals surface area contributed by atoms with Crippen molar-refractivity contribution in [3.05, 3.63) is 84.4 Å². The van der Waals surface area contributed by atoms with Crippen LogP contribution in [0, 0.1) is 0 Å². The van der Waals surface area contributed by atoms with Crippen LogP contribution in [-0.2, 0) is 13.0 Å². The molecule has 27 heavy (non-hydrogen) atoms. The maximum Gasteiger partial charge on any atom is 0.138 e. The van der Waals surface area contributed by atoms with Gasteiger partial charge in [-0.25, -0.2) is 9.97 Å². The van der Waals surface area contributed by atoms with Crippen LogP contribution in [0.4, 0.5) is 5.82 Å². The zero-order valence-electron chi connectivity index (χ0n) is 15.4. The highest BCUT2D eigenvalue weighted by molar-refractivity contribution is 6.01. The van der Waals surface area contributed by atoms with Gasteiger partial charge in [0.25, 0.3) is 0 Å². The largest absolute Gasteiger partial charge is 0.364 e. The van der Waals surface area contributed by atoms with Crippen molar-refractivity contribution < 1.29 is 0 Å². The molecule has 4 nitrogen and oxygen atoms in total. The second-order valence-corrected chi connectivity index (χ2v) is 6.48. The van der Waals surface area contributed by atoms with E-state index in [1.54, 1.807) is 0 Å². The maximum absolute atomic E-state index is 4.84. The number of aromatic nitrogens is 3. The van der Waals surface area contributed by atoms with Crippen LogP contribution in [-0.4, -0.2) is 15.0 Å². The number of anilines is 1. The average molecular weight is 354 g/mol. The number of nitrogens with zero attached hydrogens (tertiary/aromatic N) is 3. The summed E-state index contributed by atoms with van der Waals surface area (Å²) in [6.07, 6.45) is 3.69. The van der Waals surface area contributed by atoms with E-state index in [9.17, 15) is 0 Å². The molecule has 0 bridgehead atoms. The summed E-state index contributed by atoms with van der Waals surface area (Å²) in [6, 6.07) is 22.6. The molecule has 0 atom stereocenters. The summed E-state index contributed by atoms with van der Waals surface area (Å²) in [5.74, 6) is 1.74. The number of nitrogens with one attached hydrogen (secondary N) is 1. The van der Waals surface area contributed by atoms with Gasteiger partial charge in [-0.3, -0.25) is 4.98 Å². The average Bonchev–Trinajstić information content (AvgIpc) is 2.73. The Hall–Kier alpha value is -3.27. The van der Waals surface area contributed by atoms with Gasteiger partial charge < -0.3 is 5.32 Å². The molecule has 0 saturated carbocycles. The monoisotopic (exact) mass is 354 g/mol. The highest BCUT2D eigenvalue weighted by atomic mass is 15.0. The first-order valence-electron chi connectivity index (χ1n) is 9.34. The summed E-state index contributed by atoms with van der Waals surface area (Å²) < 4.78 is 0. The predicted octanol–water partition coefficient (Wildman–Crippen LogP) is 5.26. The van der Waals surface area contributed by atoms with Gasteiger partial charge in [0, 0.05) is 12.6 Å². The molecule has 0 amide bonds. The van der Waals surface area contributed by atoms with Crippen LogP contribution in [0.2, 0.25) is 0 Å². The van der Waals surface area contributed by atoms with Gasteiger partial charge in [0.05, 0.1) is 23.1 Å². The lowest BCUT2D eigenvalue weighted by Gasteiger charge is -2.14. The van der Waals surface area contributed by atoms with Gasteiger partial charge in [0.2, 0.25) is 0 Å². The molecule has 0 unspecified atom stereocenters. The quantitative estimate of drug-likeness (QED) is 0.513. The van der Waals surface area contributed by atoms with Crippen LogP contribution in [0.25, 0.3) is 22.0 Å². The van der Waals surface area contributed by atoms with Crippen LogP contribution in [0.5, 0.6) is 0 Å². The van der Waals surface area contributed by atoms with Gasteiger partial charge in [-0.1, -0.05) is 55.5 Å². The first-order chi connectivity index (χ1) is 13.3. The third kappa shape index (κ3) is 3.80. The topological polar surface area (TPSA) is 50.7 Å². The van der Waals surface area contributed by atoms with Gasteiger partial charge in [-0.2, -0.15) is 0 Å². The van der Waals surface area contributed by atoms with Gasteiger partial charge in [-0.05, 0) is 35.7 Å². The van der Waals surface area contributed by atoms with E-state index in [0.29, 0.717) is 6.54 Å². The Morgan fingerprint density at radius 1 is 0.852 bits per heavy atom. The highest BCUT2D eigenvalue weighted by Gasteiger charge is 2.13. The third-order valence-electron chi connectivity index (χ3n) is 4.49. The Morgan fingerprint density at radius 2 is 1.70 bits per heavy atom. The predicted molar refractivity (Wildman–Crippen MR) is 111 cm³/mol. The molecule has 4 heteroatoms. The zero-order valence-corrected chi connectivity index (χ0v) is 15.4. The van der Waals surface area contributed by atoms with Crippen LogP contribution in [0.1, 0.15) is 24.9 Å². The normalized spacial score (nSPS) is 10.9. The fourth-order valence-corrected chi connectivity index (χ4v) is 3.23. The van der Waals surface area contributed by atoms with Crippen molar-refractivity contribution in [3.63, 3.8) is 0 Å². The summed E-state index contributed by atoms with van der Waals surface area (Å²) in [7, 11) is 0. The third-order valence-corrected chi connectivity index (χ3v) is 4.49. The van der Waals surface area contributed by atoms with Gasteiger partial charge in [0.1, 0.15) is 11.6 Å². The Morgan fingerprint density at radius 3 is 2.48 bits per heavy atom. The van der Waals surface area contributed by atoms with Crippen molar-refractivity contribution in [2.24, 2.45) is 0 Å². The molecule has 2 heterocycles. The van der Waals surface area contributed by atoms with Crippen molar-refractivity contribution >= 4 is 16.7 Å². The van der Waals surface area contributed by atoms with Crippen molar-refractivity contribution in [2.75, 3.05) is 5.32 Å². The molecular weight excluding hydrogens is 332 g/mol. The minimum absolute atomic E-state index is 0.627. The SMILES string of the molecule is CCCc1nc(NCc2ccccn2)c2c(-c3ccccc3)cccc2n1. The van der Waals surface area contributed by atoms with Gasteiger partial charge in [0.15, 0.2) is 0 Å². The molecular formula is C23H22N4. The minimum atomic E-state index is 0.627. The molecule has 4 rings (SSSR count). The number of hydrogen-bond donors (Lipinski definition) is 1. The lowest BCUT2D eigenvalue weighted by atomic mass is 10.0. The standard InChI is InChI=1S/C23H22N4/c1-2-9-21-26-20-14-8-13-19(17-10-4-3-5-11-17)22(20)23(27-21)25-16-18-12-6-7-15-24-18/h3-8,10-15H,2,9,16H2,1H3,(H,25,26,27). The number of aryl methyl sites for hydroxylation is 1. The van der Waals surface area contributed by atoms with E-state index < -0.39 is 0 Å². The summed E-state index contributed by atoms with van der Waals surface area (Å²) in [5.41, 5.74) is 4.26. The fourth-order valence-electron chi connectivity index (χ4n) is 3.23. The van der Waals surface area contributed by atoms with Crippen molar-refractivity contribution in [3.8, 4) is 11.1 Å². The van der Waals surface area contributed by atoms with E-state index >= 15 is 0 Å². The highest BCUT2D eigenvalue weighted by Crippen LogP contribution is 2.32. The van der Waals surface area contributed by atoms with Crippen molar-refractivity contribution in [1.29, 1.82) is 0 Å². The Bertz CT molecular complexity index is 1030. The second kappa shape index (κ2) is 7.96. The van der Waals surface area contributed by atoms with Gasteiger partial charge >= 0.3 is 0 Å². The van der Waals surface area contributed by atoms with E-state index in [1.807, 2.05) is 30.5 Å². The molecule has 2 aromatic heterocycles. The van der Waals surface area contributed by atoms with E-state index in [2.05, 4.69) is 59.7 Å². The summed E-state index contributed by atoms with van der Waals surface area (Å²) in [6.45, 7) is 2.77. The molecule has 0 spiro atoms. The van der Waals surface area contributed by atoms with E-state index in [4.69, 9.17) is 9.97 Å². The molecule has 4 aromatic rings. The Balaban J connectivity index is 1.83. The van der Waals surface area contributed by atoms with Crippen LogP contribution >= 0.6 is 0 Å². The van der Waals surface area contributed by atoms with E-state index in [-0.39, 0.29) is 0 Å². The molecule has 0 fully saturated rings. The molecule has 0 radical (unpaired) electrons. The zero-order chi connectivity index (χ0) is 18.5. The van der Waals surface area contributed by atoms with E-state index in [0.717, 1.165) is 52.2 Å².